The van der Waals surface area contributed by atoms with Gasteiger partial charge in [-0.05, 0) is 43.8 Å². The van der Waals surface area contributed by atoms with Crippen LogP contribution in [0, 0.1) is 5.92 Å². The Labute approximate surface area is 118 Å². The molecule has 1 aromatic rings. The summed E-state index contributed by atoms with van der Waals surface area (Å²) in [7, 11) is 2.18. The lowest BCUT2D eigenvalue weighted by Gasteiger charge is -2.22. The average molecular weight is 280 g/mol. The molecule has 0 aliphatic carbocycles. The van der Waals surface area contributed by atoms with E-state index in [0.717, 1.165) is 31.0 Å². The van der Waals surface area contributed by atoms with Crippen LogP contribution >= 0.6 is 11.8 Å². The number of fused-ring (bicyclic) bond motifs is 1. The van der Waals surface area contributed by atoms with E-state index in [-0.39, 0.29) is 0 Å². The smallest absolute Gasteiger partial charge is 0.231 e. The van der Waals surface area contributed by atoms with Crippen LogP contribution in [0.15, 0.2) is 17.0 Å². The van der Waals surface area contributed by atoms with Crippen LogP contribution in [0.3, 0.4) is 0 Å². The highest BCUT2D eigenvalue weighted by Crippen LogP contribution is 2.47. The van der Waals surface area contributed by atoms with Crippen LogP contribution < -0.4 is 15.2 Å². The molecule has 0 amide bonds. The first kappa shape index (κ1) is 13.1. The summed E-state index contributed by atoms with van der Waals surface area (Å²) in [6, 6.07) is 4.64. The first-order valence-electron chi connectivity index (χ1n) is 6.61. The highest BCUT2D eigenvalue weighted by atomic mass is 32.2. The second kappa shape index (κ2) is 5.23. The molecule has 3 rings (SSSR count). The van der Waals surface area contributed by atoms with Crippen molar-refractivity contribution in [2.75, 3.05) is 33.2 Å². The summed E-state index contributed by atoms with van der Waals surface area (Å²) in [5, 5.41) is 0. The number of hydrogen-bond acceptors (Lipinski definition) is 5. The summed E-state index contributed by atoms with van der Waals surface area (Å²) < 4.78 is 11.1. The van der Waals surface area contributed by atoms with Crippen molar-refractivity contribution in [2.45, 2.75) is 17.4 Å². The van der Waals surface area contributed by atoms with Crippen molar-refractivity contribution < 1.29 is 9.47 Å². The van der Waals surface area contributed by atoms with E-state index < -0.39 is 0 Å². The second-order valence-electron chi connectivity index (χ2n) is 5.21. The maximum absolute atomic E-state index is 5.82. The molecular formula is C14H20N2O2S. The molecule has 0 spiro atoms. The van der Waals surface area contributed by atoms with E-state index in [0.29, 0.717) is 18.8 Å². The molecule has 19 heavy (non-hydrogen) atoms. The number of thioether (sulfide) groups is 1. The minimum absolute atomic E-state index is 0.332. The SMILES string of the molecule is CSc1c(C2CC(CN)CN2C)ccc2c1OCO2. The van der Waals surface area contributed by atoms with Crippen LogP contribution in [0.4, 0.5) is 0 Å². The number of benzene rings is 1. The molecule has 4 nitrogen and oxygen atoms in total. The molecule has 2 aliphatic rings. The van der Waals surface area contributed by atoms with Crippen molar-refractivity contribution in [1.82, 2.24) is 4.90 Å². The third kappa shape index (κ3) is 2.20. The van der Waals surface area contributed by atoms with E-state index in [9.17, 15) is 0 Å². The molecule has 2 N–H and O–H groups in total. The number of ether oxygens (including phenoxy) is 2. The zero-order valence-corrected chi connectivity index (χ0v) is 12.2. The van der Waals surface area contributed by atoms with Gasteiger partial charge in [0.25, 0.3) is 0 Å². The van der Waals surface area contributed by atoms with Gasteiger partial charge in [-0.3, -0.25) is 4.90 Å². The third-order valence-corrected chi connectivity index (χ3v) is 4.88. The molecule has 2 unspecified atom stereocenters. The normalized spacial score (nSPS) is 26.1. The molecule has 2 heterocycles. The van der Waals surface area contributed by atoms with Crippen molar-refractivity contribution in [3.8, 4) is 11.5 Å². The van der Waals surface area contributed by atoms with Crippen LogP contribution in [-0.4, -0.2) is 38.1 Å². The summed E-state index contributed by atoms with van der Waals surface area (Å²) in [6.45, 7) is 2.17. The van der Waals surface area contributed by atoms with Gasteiger partial charge in [-0.25, -0.2) is 0 Å². The van der Waals surface area contributed by atoms with Gasteiger partial charge < -0.3 is 15.2 Å². The molecule has 0 radical (unpaired) electrons. The Morgan fingerprint density at radius 3 is 2.95 bits per heavy atom. The van der Waals surface area contributed by atoms with Crippen molar-refractivity contribution in [1.29, 1.82) is 0 Å². The molecule has 104 valence electrons. The minimum Gasteiger partial charge on any atom is -0.454 e. The van der Waals surface area contributed by atoms with Gasteiger partial charge >= 0.3 is 0 Å². The zero-order chi connectivity index (χ0) is 13.4. The van der Waals surface area contributed by atoms with Gasteiger partial charge in [0.05, 0.1) is 4.90 Å². The number of hydrogen-bond donors (Lipinski definition) is 1. The molecule has 5 heteroatoms. The fourth-order valence-corrected chi connectivity index (χ4v) is 3.86. The van der Waals surface area contributed by atoms with Crippen molar-refractivity contribution in [3.63, 3.8) is 0 Å². The van der Waals surface area contributed by atoms with E-state index >= 15 is 0 Å². The predicted octanol–water partition coefficient (Wildman–Crippen LogP) is 2.09. The second-order valence-corrected chi connectivity index (χ2v) is 6.03. The van der Waals surface area contributed by atoms with Crippen LogP contribution in [0.2, 0.25) is 0 Å². The van der Waals surface area contributed by atoms with Gasteiger partial charge in [0.15, 0.2) is 11.5 Å². The number of likely N-dealkylation sites (tertiary alicyclic amines) is 1. The van der Waals surface area contributed by atoms with Gasteiger partial charge in [0.2, 0.25) is 6.79 Å². The lowest BCUT2D eigenvalue weighted by atomic mass is 9.99. The van der Waals surface area contributed by atoms with Crippen molar-refractivity contribution in [3.05, 3.63) is 17.7 Å². The number of nitrogens with two attached hydrogens (primary N) is 1. The van der Waals surface area contributed by atoms with E-state index in [1.807, 2.05) is 6.07 Å². The quantitative estimate of drug-likeness (QED) is 0.859. The Hall–Kier alpha value is -0.910. The molecule has 1 aromatic carbocycles. The Bertz CT molecular complexity index is 481. The topological polar surface area (TPSA) is 47.7 Å². The van der Waals surface area contributed by atoms with Crippen LogP contribution in [-0.2, 0) is 0 Å². The van der Waals surface area contributed by atoms with Gasteiger partial charge in [-0.15, -0.1) is 11.8 Å². The zero-order valence-electron chi connectivity index (χ0n) is 11.4. The maximum Gasteiger partial charge on any atom is 0.231 e. The van der Waals surface area contributed by atoms with E-state index in [1.54, 1.807) is 11.8 Å². The molecule has 1 fully saturated rings. The lowest BCUT2D eigenvalue weighted by Crippen LogP contribution is -2.20. The first-order chi connectivity index (χ1) is 9.24. The summed E-state index contributed by atoms with van der Waals surface area (Å²) >= 11 is 1.74. The molecule has 0 saturated carbocycles. The predicted molar refractivity (Wildman–Crippen MR) is 76.9 cm³/mol. The van der Waals surface area contributed by atoms with Gasteiger partial charge in [0, 0.05) is 12.6 Å². The molecule has 0 bridgehead atoms. The molecule has 1 saturated heterocycles. The monoisotopic (exact) mass is 280 g/mol. The standard InChI is InChI=1S/C14H20N2O2S/c1-16-7-9(6-15)5-11(16)10-3-4-12-13(14(10)19-2)18-8-17-12/h3-4,9,11H,5-8,15H2,1-2H3. The molecule has 2 aliphatic heterocycles. The fourth-order valence-electron chi connectivity index (χ4n) is 3.07. The van der Waals surface area contributed by atoms with Gasteiger partial charge in [-0.2, -0.15) is 0 Å². The molecule has 0 aromatic heterocycles. The Balaban J connectivity index is 1.97. The summed E-state index contributed by atoms with van der Waals surface area (Å²) in [4.78, 5) is 3.61. The van der Waals surface area contributed by atoms with E-state index in [1.165, 1.54) is 10.5 Å². The largest absolute Gasteiger partial charge is 0.454 e. The summed E-state index contributed by atoms with van der Waals surface area (Å²) in [5.74, 6) is 2.37. The van der Waals surface area contributed by atoms with Crippen LogP contribution in [0.5, 0.6) is 11.5 Å². The van der Waals surface area contributed by atoms with E-state index in [4.69, 9.17) is 15.2 Å². The summed E-state index contributed by atoms with van der Waals surface area (Å²) in [6.07, 6.45) is 3.22. The number of rotatable bonds is 3. The average Bonchev–Trinajstić information content (AvgIpc) is 3.03. The van der Waals surface area contributed by atoms with Crippen molar-refractivity contribution >= 4 is 11.8 Å². The Kier molecular flexibility index (Phi) is 3.60. The highest BCUT2D eigenvalue weighted by Gasteiger charge is 2.33. The first-order valence-corrected chi connectivity index (χ1v) is 7.83. The van der Waals surface area contributed by atoms with Gasteiger partial charge in [-0.1, -0.05) is 6.07 Å². The Morgan fingerprint density at radius 1 is 1.42 bits per heavy atom. The number of nitrogens with zero attached hydrogens (tertiary/aromatic N) is 1. The maximum atomic E-state index is 5.82. The lowest BCUT2D eigenvalue weighted by molar-refractivity contribution is 0.172. The van der Waals surface area contributed by atoms with Crippen LogP contribution in [0.1, 0.15) is 18.0 Å². The molecule has 2 atom stereocenters. The Morgan fingerprint density at radius 2 is 2.26 bits per heavy atom. The third-order valence-electron chi connectivity index (χ3n) is 4.06. The minimum atomic E-state index is 0.332. The summed E-state index contributed by atoms with van der Waals surface area (Å²) in [5.41, 5.74) is 7.16. The van der Waals surface area contributed by atoms with E-state index in [2.05, 4.69) is 24.3 Å². The van der Waals surface area contributed by atoms with Gasteiger partial charge in [0.1, 0.15) is 0 Å². The van der Waals surface area contributed by atoms with Crippen molar-refractivity contribution in [2.24, 2.45) is 11.7 Å². The van der Waals surface area contributed by atoms with Crippen LogP contribution in [0.25, 0.3) is 0 Å². The highest BCUT2D eigenvalue weighted by molar-refractivity contribution is 7.98. The fraction of sp³-hybridized carbons (Fsp3) is 0.571. The molecular weight excluding hydrogens is 260 g/mol.